The van der Waals surface area contributed by atoms with E-state index in [-0.39, 0.29) is 24.0 Å². The Hall–Kier alpha value is -1.29. The van der Waals surface area contributed by atoms with Gasteiger partial charge in [-0.15, -0.1) is 24.0 Å². The number of halogens is 2. The van der Waals surface area contributed by atoms with Crippen molar-refractivity contribution in [3.05, 3.63) is 46.2 Å². The third-order valence-corrected chi connectivity index (χ3v) is 4.01. The zero-order valence-corrected chi connectivity index (χ0v) is 18.9. The predicted octanol–water partition coefficient (Wildman–Crippen LogP) is 3.41. The SMILES string of the molecule is CCNC(=NCc1cc(Br)ccc1OC)N(C)Cc1cnn(C)c1.I. The van der Waals surface area contributed by atoms with Crippen LogP contribution < -0.4 is 10.1 Å². The molecule has 0 radical (unpaired) electrons. The Balaban J connectivity index is 0.00000312. The van der Waals surface area contributed by atoms with Crippen LogP contribution in [0, 0.1) is 0 Å². The number of hydrogen-bond acceptors (Lipinski definition) is 3. The maximum atomic E-state index is 5.42. The number of benzene rings is 1. The molecule has 1 aromatic heterocycles. The standard InChI is InChI=1S/C17H24BrN5O.HI/c1-5-19-17(22(2)11-13-9-21-23(3)12-13)20-10-14-8-15(18)6-7-16(14)24-4;/h6-9,12H,5,10-11H2,1-4H3,(H,19,20);1H. The summed E-state index contributed by atoms with van der Waals surface area (Å²) in [5, 5.41) is 7.54. The zero-order chi connectivity index (χ0) is 17.5. The fraction of sp³-hybridized carbons (Fsp3) is 0.412. The van der Waals surface area contributed by atoms with Crippen molar-refractivity contribution in [3.63, 3.8) is 0 Å². The van der Waals surface area contributed by atoms with E-state index in [4.69, 9.17) is 9.73 Å². The number of aromatic nitrogens is 2. The van der Waals surface area contributed by atoms with E-state index in [2.05, 4.69) is 38.2 Å². The Morgan fingerprint density at radius 2 is 2.20 bits per heavy atom. The minimum Gasteiger partial charge on any atom is -0.496 e. The second kappa shape index (κ2) is 10.6. The third-order valence-electron chi connectivity index (χ3n) is 3.52. The molecule has 0 saturated carbocycles. The summed E-state index contributed by atoms with van der Waals surface area (Å²) in [6.45, 7) is 4.16. The van der Waals surface area contributed by atoms with Crippen LogP contribution in [0.3, 0.4) is 0 Å². The van der Waals surface area contributed by atoms with Gasteiger partial charge in [0.2, 0.25) is 0 Å². The molecule has 0 aliphatic rings. The molecule has 0 spiro atoms. The van der Waals surface area contributed by atoms with Gasteiger partial charge in [0.15, 0.2) is 5.96 Å². The van der Waals surface area contributed by atoms with Gasteiger partial charge in [-0.05, 0) is 25.1 Å². The maximum absolute atomic E-state index is 5.42. The lowest BCUT2D eigenvalue weighted by Gasteiger charge is -2.21. The van der Waals surface area contributed by atoms with Crippen LogP contribution in [0.5, 0.6) is 5.75 Å². The summed E-state index contributed by atoms with van der Waals surface area (Å²) in [7, 11) is 5.62. The van der Waals surface area contributed by atoms with E-state index in [1.165, 1.54) is 0 Å². The van der Waals surface area contributed by atoms with Gasteiger partial charge in [0.05, 0.1) is 19.9 Å². The largest absolute Gasteiger partial charge is 0.496 e. The number of aryl methyl sites for hydroxylation is 1. The molecular formula is C17H25BrIN5O. The first-order valence-electron chi connectivity index (χ1n) is 7.82. The van der Waals surface area contributed by atoms with Crippen molar-refractivity contribution in [3.8, 4) is 5.75 Å². The van der Waals surface area contributed by atoms with Crippen molar-refractivity contribution in [2.75, 3.05) is 20.7 Å². The number of nitrogens with zero attached hydrogens (tertiary/aromatic N) is 4. The second-order valence-electron chi connectivity index (χ2n) is 5.50. The molecule has 0 fully saturated rings. The zero-order valence-electron chi connectivity index (χ0n) is 15.0. The van der Waals surface area contributed by atoms with E-state index in [1.807, 2.05) is 44.7 Å². The second-order valence-corrected chi connectivity index (χ2v) is 6.42. The van der Waals surface area contributed by atoms with Crippen LogP contribution in [0.2, 0.25) is 0 Å². The van der Waals surface area contributed by atoms with E-state index in [0.29, 0.717) is 6.54 Å². The molecule has 0 aliphatic heterocycles. The summed E-state index contributed by atoms with van der Waals surface area (Å²) < 4.78 is 8.24. The molecule has 0 unspecified atom stereocenters. The van der Waals surface area contributed by atoms with Crippen LogP contribution in [-0.4, -0.2) is 41.3 Å². The van der Waals surface area contributed by atoms with Gasteiger partial charge in [0.1, 0.15) is 5.75 Å². The van der Waals surface area contributed by atoms with Crippen molar-refractivity contribution >= 4 is 45.9 Å². The summed E-state index contributed by atoms with van der Waals surface area (Å²) in [6.07, 6.45) is 3.88. The molecule has 138 valence electrons. The van der Waals surface area contributed by atoms with Crippen molar-refractivity contribution in [2.24, 2.45) is 12.0 Å². The summed E-state index contributed by atoms with van der Waals surface area (Å²) in [6, 6.07) is 5.94. The summed E-state index contributed by atoms with van der Waals surface area (Å²) >= 11 is 3.50. The molecular weight excluding hydrogens is 497 g/mol. The molecule has 1 aromatic carbocycles. The molecule has 25 heavy (non-hydrogen) atoms. The highest BCUT2D eigenvalue weighted by Gasteiger charge is 2.09. The van der Waals surface area contributed by atoms with Gasteiger partial charge < -0.3 is 15.0 Å². The number of rotatable bonds is 6. The molecule has 6 nitrogen and oxygen atoms in total. The van der Waals surface area contributed by atoms with E-state index in [0.717, 1.165) is 40.4 Å². The Bertz CT molecular complexity index is 704. The molecule has 0 atom stereocenters. The highest BCUT2D eigenvalue weighted by atomic mass is 127. The summed E-state index contributed by atoms with van der Waals surface area (Å²) in [4.78, 5) is 6.83. The van der Waals surface area contributed by atoms with Crippen LogP contribution >= 0.6 is 39.9 Å². The lowest BCUT2D eigenvalue weighted by atomic mass is 10.2. The number of aliphatic imine (C=N–C) groups is 1. The highest BCUT2D eigenvalue weighted by molar-refractivity contribution is 14.0. The summed E-state index contributed by atoms with van der Waals surface area (Å²) in [5.41, 5.74) is 2.18. The van der Waals surface area contributed by atoms with Gasteiger partial charge in [-0.25, -0.2) is 4.99 Å². The van der Waals surface area contributed by atoms with Gasteiger partial charge in [-0.1, -0.05) is 15.9 Å². The first-order chi connectivity index (χ1) is 11.5. The fourth-order valence-corrected chi connectivity index (χ4v) is 2.81. The number of ether oxygens (including phenoxy) is 1. The fourth-order valence-electron chi connectivity index (χ4n) is 2.40. The van der Waals surface area contributed by atoms with Crippen LogP contribution in [-0.2, 0) is 20.1 Å². The minimum absolute atomic E-state index is 0. The number of nitrogens with one attached hydrogen (secondary N) is 1. The Labute approximate surface area is 174 Å². The van der Waals surface area contributed by atoms with Crippen LogP contribution in [0.15, 0.2) is 40.1 Å². The van der Waals surface area contributed by atoms with Gasteiger partial charge in [-0.2, -0.15) is 5.10 Å². The van der Waals surface area contributed by atoms with Crippen LogP contribution in [0.25, 0.3) is 0 Å². The Morgan fingerprint density at radius 3 is 2.80 bits per heavy atom. The van der Waals surface area contributed by atoms with Crippen LogP contribution in [0.1, 0.15) is 18.1 Å². The first-order valence-corrected chi connectivity index (χ1v) is 8.62. The van der Waals surface area contributed by atoms with Crippen molar-refractivity contribution in [2.45, 2.75) is 20.0 Å². The first kappa shape index (κ1) is 21.8. The number of methoxy groups -OCH3 is 1. The van der Waals surface area contributed by atoms with E-state index in [9.17, 15) is 0 Å². The van der Waals surface area contributed by atoms with E-state index in [1.54, 1.807) is 11.8 Å². The van der Waals surface area contributed by atoms with Crippen molar-refractivity contribution in [1.82, 2.24) is 20.0 Å². The topological polar surface area (TPSA) is 54.7 Å². The lowest BCUT2D eigenvalue weighted by Crippen LogP contribution is -2.38. The summed E-state index contributed by atoms with van der Waals surface area (Å²) in [5.74, 6) is 1.69. The molecule has 8 heteroatoms. The van der Waals surface area contributed by atoms with Crippen molar-refractivity contribution < 1.29 is 4.74 Å². The normalized spacial score (nSPS) is 11.0. The molecule has 1 N–H and O–H groups in total. The highest BCUT2D eigenvalue weighted by Crippen LogP contribution is 2.23. The predicted molar refractivity (Wildman–Crippen MR) is 116 cm³/mol. The van der Waals surface area contributed by atoms with Gasteiger partial charge >= 0.3 is 0 Å². The third kappa shape index (κ3) is 6.50. The van der Waals surface area contributed by atoms with Crippen molar-refractivity contribution in [1.29, 1.82) is 0 Å². The van der Waals surface area contributed by atoms with Gasteiger partial charge in [0, 0.05) is 49.0 Å². The molecule has 2 rings (SSSR count). The van der Waals surface area contributed by atoms with E-state index < -0.39 is 0 Å². The minimum atomic E-state index is 0. The monoisotopic (exact) mass is 521 g/mol. The number of guanidine groups is 1. The maximum Gasteiger partial charge on any atom is 0.194 e. The lowest BCUT2D eigenvalue weighted by molar-refractivity contribution is 0.409. The number of hydrogen-bond donors (Lipinski definition) is 1. The van der Waals surface area contributed by atoms with Crippen LogP contribution in [0.4, 0.5) is 0 Å². The average molecular weight is 522 g/mol. The quantitative estimate of drug-likeness (QED) is 0.359. The molecule has 1 heterocycles. The van der Waals surface area contributed by atoms with Gasteiger partial charge in [0.25, 0.3) is 0 Å². The molecule has 0 saturated heterocycles. The molecule has 0 amide bonds. The van der Waals surface area contributed by atoms with E-state index >= 15 is 0 Å². The Kier molecular flexibility index (Phi) is 9.26. The van der Waals surface area contributed by atoms with Gasteiger partial charge in [-0.3, -0.25) is 4.68 Å². The smallest absolute Gasteiger partial charge is 0.194 e. The molecule has 0 aliphatic carbocycles. The molecule has 0 bridgehead atoms. The molecule has 2 aromatic rings. The Morgan fingerprint density at radius 1 is 1.44 bits per heavy atom. The average Bonchev–Trinajstić information content (AvgIpc) is 2.96.